The maximum absolute atomic E-state index is 10.1. The summed E-state index contributed by atoms with van der Waals surface area (Å²) >= 11 is 3.62. The molecule has 1 aromatic rings. The Hall–Kier alpha value is -0.350. The first-order valence-corrected chi connectivity index (χ1v) is 7.70. The lowest BCUT2D eigenvalue weighted by molar-refractivity contribution is 0.154. The lowest BCUT2D eigenvalue weighted by Gasteiger charge is -2.13. The summed E-state index contributed by atoms with van der Waals surface area (Å²) in [6.07, 6.45) is 3.27. The molecule has 1 heterocycles. The summed E-state index contributed by atoms with van der Waals surface area (Å²) in [6.45, 7) is 9.42. The molecule has 0 aromatic carbocycles. The zero-order chi connectivity index (χ0) is 13.7. The summed E-state index contributed by atoms with van der Waals surface area (Å²) in [7, 11) is 0. The predicted octanol–water partition coefficient (Wildman–Crippen LogP) is 3.57. The minimum atomic E-state index is -0.268. The molecule has 0 aliphatic carbocycles. The van der Waals surface area contributed by atoms with E-state index in [0.717, 1.165) is 41.7 Å². The molecule has 1 rings (SSSR count). The van der Waals surface area contributed by atoms with Crippen molar-refractivity contribution in [3.63, 3.8) is 0 Å². The highest BCUT2D eigenvalue weighted by atomic mass is 79.9. The number of aliphatic hydroxyl groups is 1. The summed E-state index contributed by atoms with van der Waals surface area (Å²) in [5, 5.41) is 14.7. The minimum Gasteiger partial charge on any atom is -0.393 e. The molecule has 0 bridgehead atoms. The quantitative estimate of drug-likeness (QED) is 0.835. The molecular weight excluding hydrogens is 292 g/mol. The fraction of sp³-hybridized carbons (Fsp3) is 0.786. The Kier molecular flexibility index (Phi) is 6.36. The maximum Gasteiger partial charge on any atom is 0.0766 e. The van der Waals surface area contributed by atoms with Gasteiger partial charge < -0.3 is 5.11 Å². The first kappa shape index (κ1) is 15.7. The maximum atomic E-state index is 10.1. The van der Waals surface area contributed by atoms with Gasteiger partial charge in [-0.05, 0) is 48.0 Å². The number of hydrogen-bond donors (Lipinski definition) is 1. The number of aliphatic hydroxyl groups excluding tert-OH is 1. The van der Waals surface area contributed by atoms with Crippen LogP contribution in [-0.4, -0.2) is 21.0 Å². The van der Waals surface area contributed by atoms with E-state index in [1.54, 1.807) is 0 Å². The van der Waals surface area contributed by atoms with Crippen molar-refractivity contribution in [2.24, 2.45) is 5.92 Å². The monoisotopic (exact) mass is 316 g/mol. The number of nitrogens with zero attached hydrogens (tertiary/aromatic N) is 2. The van der Waals surface area contributed by atoms with E-state index >= 15 is 0 Å². The van der Waals surface area contributed by atoms with E-state index in [9.17, 15) is 5.11 Å². The van der Waals surface area contributed by atoms with Gasteiger partial charge in [-0.15, -0.1) is 0 Å². The van der Waals surface area contributed by atoms with E-state index in [1.165, 1.54) is 0 Å². The van der Waals surface area contributed by atoms with Crippen LogP contribution in [0.15, 0.2) is 4.47 Å². The van der Waals surface area contributed by atoms with Gasteiger partial charge in [-0.2, -0.15) is 5.10 Å². The van der Waals surface area contributed by atoms with Crippen LogP contribution in [0.2, 0.25) is 0 Å². The molecule has 4 heteroatoms. The second-order valence-corrected chi connectivity index (χ2v) is 6.00. The van der Waals surface area contributed by atoms with Gasteiger partial charge in [0.2, 0.25) is 0 Å². The number of rotatable bonds is 7. The highest BCUT2D eigenvalue weighted by molar-refractivity contribution is 9.10. The average molecular weight is 317 g/mol. The normalized spacial score (nSPS) is 13.3. The van der Waals surface area contributed by atoms with Crippen LogP contribution in [-0.2, 0) is 19.4 Å². The van der Waals surface area contributed by atoms with Crippen molar-refractivity contribution in [1.29, 1.82) is 0 Å². The van der Waals surface area contributed by atoms with Gasteiger partial charge in [0.25, 0.3) is 0 Å². The standard InChI is InChI=1S/C14H25BrN2O/c1-5-12-14(15)13(17(6-2)16-12)9-11(18)8-7-10(3)4/h10-11,18H,5-9H2,1-4H3. The highest BCUT2D eigenvalue weighted by Crippen LogP contribution is 2.24. The highest BCUT2D eigenvalue weighted by Gasteiger charge is 2.17. The number of hydrogen-bond acceptors (Lipinski definition) is 2. The average Bonchev–Trinajstić information content (AvgIpc) is 2.63. The van der Waals surface area contributed by atoms with Crippen LogP contribution in [0.5, 0.6) is 0 Å². The second-order valence-electron chi connectivity index (χ2n) is 5.21. The van der Waals surface area contributed by atoms with Gasteiger partial charge >= 0.3 is 0 Å². The Balaban J connectivity index is 2.73. The number of aromatic nitrogens is 2. The van der Waals surface area contributed by atoms with Crippen LogP contribution < -0.4 is 0 Å². The Labute approximate surface area is 119 Å². The summed E-state index contributed by atoms with van der Waals surface area (Å²) < 4.78 is 3.08. The van der Waals surface area contributed by atoms with E-state index < -0.39 is 0 Å². The molecule has 0 spiro atoms. The lowest BCUT2D eigenvalue weighted by Crippen LogP contribution is -2.15. The van der Waals surface area contributed by atoms with Gasteiger partial charge in [-0.1, -0.05) is 20.8 Å². The molecule has 0 amide bonds. The predicted molar refractivity (Wildman–Crippen MR) is 78.8 cm³/mol. The smallest absolute Gasteiger partial charge is 0.0766 e. The van der Waals surface area contributed by atoms with E-state index in [4.69, 9.17) is 0 Å². The van der Waals surface area contributed by atoms with E-state index in [1.807, 2.05) is 4.68 Å². The van der Waals surface area contributed by atoms with Crippen molar-refractivity contribution in [3.05, 3.63) is 15.9 Å². The second kappa shape index (κ2) is 7.29. The summed E-state index contributed by atoms with van der Waals surface area (Å²) in [5.41, 5.74) is 2.22. The van der Waals surface area contributed by atoms with Gasteiger partial charge in [-0.3, -0.25) is 4.68 Å². The van der Waals surface area contributed by atoms with Gasteiger partial charge in [0.1, 0.15) is 0 Å². The van der Waals surface area contributed by atoms with Crippen LogP contribution in [0.25, 0.3) is 0 Å². The molecule has 0 fully saturated rings. The third-order valence-corrected chi connectivity index (χ3v) is 4.12. The Morgan fingerprint density at radius 1 is 1.28 bits per heavy atom. The number of halogens is 1. The van der Waals surface area contributed by atoms with Crippen molar-refractivity contribution in [3.8, 4) is 0 Å². The molecule has 0 radical (unpaired) electrons. The van der Waals surface area contributed by atoms with Crippen LogP contribution in [0.1, 0.15) is 51.9 Å². The van der Waals surface area contributed by atoms with Crippen LogP contribution in [0, 0.1) is 5.92 Å². The molecule has 104 valence electrons. The Morgan fingerprint density at radius 2 is 1.94 bits per heavy atom. The Bertz CT molecular complexity index is 374. The molecule has 0 saturated carbocycles. The third kappa shape index (κ3) is 4.09. The van der Waals surface area contributed by atoms with Gasteiger partial charge in [0, 0.05) is 13.0 Å². The first-order valence-electron chi connectivity index (χ1n) is 6.91. The van der Waals surface area contributed by atoms with Crippen molar-refractivity contribution >= 4 is 15.9 Å². The minimum absolute atomic E-state index is 0.268. The summed E-state index contributed by atoms with van der Waals surface area (Å²) in [5.74, 6) is 0.644. The molecule has 0 aliphatic heterocycles. The summed E-state index contributed by atoms with van der Waals surface area (Å²) in [6, 6.07) is 0. The largest absolute Gasteiger partial charge is 0.393 e. The molecule has 0 aliphatic rings. The van der Waals surface area contributed by atoms with Gasteiger partial charge in [0.15, 0.2) is 0 Å². The van der Waals surface area contributed by atoms with Crippen LogP contribution in [0.4, 0.5) is 0 Å². The van der Waals surface area contributed by atoms with E-state index in [2.05, 4.69) is 48.7 Å². The topological polar surface area (TPSA) is 38.0 Å². The molecule has 1 N–H and O–H groups in total. The van der Waals surface area contributed by atoms with Crippen molar-refractivity contribution < 1.29 is 5.11 Å². The summed E-state index contributed by atoms with van der Waals surface area (Å²) in [4.78, 5) is 0. The number of aryl methyl sites for hydroxylation is 2. The van der Waals surface area contributed by atoms with Gasteiger partial charge in [-0.25, -0.2) is 0 Å². The zero-order valence-electron chi connectivity index (χ0n) is 11.9. The van der Waals surface area contributed by atoms with Crippen LogP contribution in [0.3, 0.4) is 0 Å². The first-order chi connectivity index (χ1) is 8.49. The molecule has 1 unspecified atom stereocenters. The van der Waals surface area contributed by atoms with Gasteiger partial charge in [0.05, 0.1) is 22.0 Å². The fourth-order valence-electron chi connectivity index (χ4n) is 2.06. The third-order valence-electron chi connectivity index (χ3n) is 3.20. The molecule has 18 heavy (non-hydrogen) atoms. The molecular formula is C14H25BrN2O. The van der Waals surface area contributed by atoms with Crippen LogP contribution >= 0.6 is 15.9 Å². The fourth-order valence-corrected chi connectivity index (χ4v) is 2.79. The Morgan fingerprint density at radius 3 is 2.44 bits per heavy atom. The molecule has 1 atom stereocenters. The molecule has 1 aromatic heterocycles. The SMILES string of the molecule is CCc1nn(CC)c(CC(O)CCC(C)C)c1Br. The zero-order valence-corrected chi connectivity index (χ0v) is 13.5. The lowest BCUT2D eigenvalue weighted by atomic mass is 10.0. The van der Waals surface area contributed by atoms with Crippen molar-refractivity contribution in [1.82, 2.24) is 9.78 Å². The van der Waals surface area contributed by atoms with E-state index in [0.29, 0.717) is 12.3 Å². The van der Waals surface area contributed by atoms with Crippen molar-refractivity contribution in [2.45, 2.75) is 66.0 Å². The molecule has 3 nitrogen and oxygen atoms in total. The van der Waals surface area contributed by atoms with E-state index in [-0.39, 0.29) is 6.10 Å². The van der Waals surface area contributed by atoms with Crippen molar-refractivity contribution in [2.75, 3.05) is 0 Å². The molecule has 0 saturated heterocycles.